The molecule has 3 fully saturated rings. The SMILES string of the molecule is CC(c1nc(-c2ccccc2)no1)N1CCN(C(=O)C2CC3CCC2C3)CC1. The van der Waals surface area contributed by atoms with Crippen molar-refractivity contribution in [2.75, 3.05) is 26.2 Å². The number of fused-ring (bicyclic) bond motifs is 2. The zero-order valence-corrected chi connectivity index (χ0v) is 16.5. The van der Waals surface area contributed by atoms with Gasteiger partial charge in [0.2, 0.25) is 17.6 Å². The van der Waals surface area contributed by atoms with E-state index in [2.05, 4.69) is 26.9 Å². The molecule has 6 nitrogen and oxygen atoms in total. The molecule has 1 aliphatic heterocycles. The van der Waals surface area contributed by atoms with Crippen molar-refractivity contribution in [3.63, 3.8) is 0 Å². The highest BCUT2D eigenvalue weighted by Gasteiger charge is 2.44. The molecule has 5 rings (SSSR count). The van der Waals surface area contributed by atoms with E-state index in [-0.39, 0.29) is 6.04 Å². The minimum Gasteiger partial charge on any atom is -0.340 e. The first-order chi connectivity index (χ1) is 13.7. The maximum atomic E-state index is 13.0. The molecule has 1 amide bonds. The van der Waals surface area contributed by atoms with E-state index in [9.17, 15) is 4.79 Å². The summed E-state index contributed by atoms with van der Waals surface area (Å²) in [6, 6.07) is 9.95. The van der Waals surface area contributed by atoms with Gasteiger partial charge in [-0.1, -0.05) is 41.9 Å². The highest BCUT2D eigenvalue weighted by molar-refractivity contribution is 5.79. The number of carbonyl (C=O) groups is 1. The number of hydrogen-bond acceptors (Lipinski definition) is 5. The Morgan fingerprint density at radius 1 is 1.11 bits per heavy atom. The number of aromatic nitrogens is 2. The third-order valence-corrected chi connectivity index (χ3v) is 7.06. The van der Waals surface area contributed by atoms with Crippen molar-refractivity contribution in [2.24, 2.45) is 17.8 Å². The molecule has 4 unspecified atom stereocenters. The highest BCUT2D eigenvalue weighted by Crippen LogP contribution is 2.49. The molecule has 2 saturated carbocycles. The van der Waals surface area contributed by atoms with Gasteiger partial charge in [-0.15, -0.1) is 0 Å². The Morgan fingerprint density at radius 3 is 2.57 bits per heavy atom. The normalized spacial score (nSPS) is 28.6. The Hall–Kier alpha value is -2.21. The van der Waals surface area contributed by atoms with E-state index in [1.54, 1.807) is 0 Å². The summed E-state index contributed by atoms with van der Waals surface area (Å²) >= 11 is 0. The number of carbonyl (C=O) groups excluding carboxylic acids is 1. The van der Waals surface area contributed by atoms with Gasteiger partial charge in [-0.25, -0.2) is 0 Å². The van der Waals surface area contributed by atoms with Crippen LogP contribution in [0.15, 0.2) is 34.9 Å². The lowest BCUT2D eigenvalue weighted by molar-refractivity contribution is -0.139. The smallest absolute Gasteiger partial charge is 0.244 e. The maximum Gasteiger partial charge on any atom is 0.244 e. The van der Waals surface area contributed by atoms with Crippen LogP contribution in [0.3, 0.4) is 0 Å². The summed E-state index contributed by atoms with van der Waals surface area (Å²) in [7, 11) is 0. The van der Waals surface area contributed by atoms with E-state index in [1.165, 1.54) is 19.3 Å². The van der Waals surface area contributed by atoms with Gasteiger partial charge in [-0.3, -0.25) is 9.69 Å². The first kappa shape index (κ1) is 17.9. The van der Waals surface area contributed by atoms with E-state index in [0.717, 1.165) is 44.1 Å². The van der Waals surface area contributed by atoms with E-state index in [1.807, 2.05) is 30.3 Å². The van der Waals surface area contributed by atoms with Crippen LogP contribution >= 0.6 is 0 Å². The zero-order valence-electron chi connectivity index (χ0n) is 16.5. The Bertz CT molecular complexity index is 828. The van der Waals surface area contributed by atoms with Crippen molar-refractivity contribution in [3.8, 4) is 11.4 Å². The molecule has 148 valence electrons. The van der Waals surface area contributed by atoms with Crippen molar-refractivity contribution >= 4 is 5.91 Å². The fourth-order valence-electron chi connectivity index (χ4n) is 5.38. The fraction of sp³-hybridized carbons (Fsp3) is 0.591. The molecule has 28 heavy (non-hydrogen) atoms. The third-order valence-electron chi connectivity index (χ3n) is 7.06. The standard InChI is InChI=1S/C22H28N4O2/c1-15(21-23-20(24-28-21)17-5-3-2-4-6-17)25-9-11-26(12-10-25)22(27)19-14-16-7-8-18(19)13-16/h2-6,15-16,18-19H,7-14H2,1H3. The van der Waals surface area contributed by atoms with Gasteiger partial charge in [-0.05, 0) is 38.0 Å². The zero-order chi connectivity index (χ0) is 19.1. The average Bonchev–Trinajstić information content (AvgIpc) is 3.50. The molecule has 1 saturated heterocycles. The Balaban J connectivity index is 1.19. The van der Waals surface area contributed by atoms with E-state index in [0.29, 0.717) is 29.5 Å². The van der Waals surface area contributed by atoms with Gasteiger partial charge in [0.25, 0.3) is 0 Å². The quantitative estimate of drug-likeness (QED) is 0.814. The Morgan fingerprint density at radius 2 is 1.89 bits per heavy atom. The molecule has 1 aromatic heterocycles. The molecule has 6 heteroatoms. The van der Waals surface area contributed by atoms with Gasteiger partial charge >= 0.3 is 0 Å². The van der Waals surface area contributed by atoms with Crippen LogP contribution in [0.5, 0.6) is 0 Å². The first-order valence-electron chi connectivity index (χ1n) is 10.6. The molecule has 2 heterocycles. The number of hydrogen-bond donors (Lipinski definition) is 0. The molecular weight excluding hydrogens is 352 g/mol. The van der Waals surface area contributed by atoms with Crippen LogP contribution in [0, 0.1) is 17.8 Å². The summed E-state index contributed by atoms with van der Waals surface area (Å²) in [4.78, 5) is 22.0. The highest BCUT2D eigenvalue weighted by atomic mass is 16.5. The molecule has 2 aromatic rings. The molecule has 4 atom stereocenters. The van der Waals surface area contributed by atoms with Crippen molar-refractivity contribution in [1.29, 1.82) is 0 Å². The van der Waals surface area contributed by atoms with Crippen molar-refractivity contribution in [1.82, 2.24) is 19.9 Å². The number of nitrogens with zero attached hydrogens (tertiary/aromatic N) is 4. The lowest BCUT2D eigenvalue weighted by Crippen LogP contribution is -2.51. The number of benzene rings is 1. The second kappa shape index (κ2) is 7.32. The van der Waals surface area contributed by atoms with Crippen LogP contribution in [0.1, 0.15) is 44.5 Å². The van der Waals surface area contributed by atoms with Gasteiger partial charge in [0.05, 0.1) is 6.04 Å². The molecule has 1 aromatic carbocycles. The predicted octanol–water partition coefficient (Wildman–Crippen LogP) is 3.38. The number of rotatable bonds is 4. The summed E-state index contributed by atoms with van der Waals surface area (Å²) in [6.07, 6.45) is 5.02. The van der Waals surface area contributed by atoms with Crippen LogP contribution in [-0.4, -0.2) is 52.0 Å². The summed E-state index contributed by atoms with van der Waals surface area (Å²) in [6.45, 7) is 5.43. The van der Waals surface area contributed by atoms with Gasteiger partial charge in [-0.2, -0.15) is 4.98 Å². The second-order valence-corrected chi connectivity index (χ2v) is 8.64. The molecular formula is C22H28N4O2. The van der Waals surface area contributed by atoms with Gasteiger partial charge in [0, 0.05) is 37.7 Å². The average molecular weight is 380 g/mol. The van der Waals surface area contributed by atoms with Crippen LogP contribution in [0.25, 0.3) is 11.4 Å². The second-order valence-electron chi connectivity index (χ2n) is 8.64. The monoisotopic (exact) mass is 380 g/mol. The van der Waals surface area contributed by atoms with Crippen LogP contribution in [-0.2, 0) is 4.79 Å². The van der Waals surface area contributed by atoms with Gasteiger partial charge in [0.15, 0.2) is 0 Å². The lowest BCUT2D eigenvalue weighted by Gasteiger charge is -2.38. The third kappa shape index (κ3) is 3.24. The Kier molecular flexibility index (Phi) is 4.67. The molecule has 3 aliphatic rings. The molecule has 2 bridgehead atoms. The van der Waals surface area contributed by atoms with E-state index >= 15 is 0 Å². The summed E-state index contributed by atoms with van der Waals surface area (Å²) in [5, 5.41) is 4.14. The maximum absolute atomic E-state index is 13.0. The summed E-state index contributed by atoms with van der Waals surface area (Å²) in [5.41, 5.74) is 0.964. The summed E-state index contributed by atoms with van der Waals surface area (Å²) < 4.78 is 5.54. The topological polar surface area (TPSA) is 62.5 Å². The van der Waals surface area contributed by atoms with Crippen molar-refractivity contribution < 1.29 is 9.32 Å². The Labute approximate surface area is 165 Å². The largest absolute Gasteiger partial charge is 0.340 e. The fourth-order valence-corrected chi connectivity index (χ4v) is 5.38. The number of amides is 1. The molecule has 2 aliphatic carbocycles. The number of piperazine rings is 1. The summed E-state index contributed by atoms with van der Waals surface area (Å²) in [5.74, 6) is 3.45. The molecule has 0 radical (unpaired) electrons. The van der Waals surface area contributed by atoms with Crippen molar-refractivity contribution in [2.45, 2.75) is 38.6 Å². The van der Waals surface area contributed by atoms with Gasteiger partial charge in [0.1, 0.15) is 0 Å². The van der Waals surface area contributed by atoms with Crippen LogP contribution < -0.4 is 0 Å². The van der Waals surface area contributed by atoms with Crippen molar-refractivity contribution in [3.05, 3.63) is 36.2 Å². The molecule has 0 spiro atoms. The van der Waals surface area contributed by atoms with Crippen LogP contribution in [0.2, 0.25) is 0 Å². The van der Waals surface area contributed by atoms with E-state index in [4.69, 9.17) is 4.52 Å². The predicted molar refractivity (Wildman–Crippen MR) is 105 cm³/mol. The molecule has 0 N–H and O–H groups in total. The lowest BCUT2D eigenvalue weighted by atomic mass is 9.87. The van der Waals surface area contributed by atoms with Crippen LogP contribution in [0.4, 0.5) is 0 Å². The van der Waals surface area contributed by atoms with Gasteiger partial charge < -0.3 is 9.42 Å². The minimum atomic E-state index is 0.0599. The minimum absolute atomic E-state index is 0.0599. The first-order valence-corrected chi connectivity index (χ1v) is 10.6. The van der Waals surface area contributed by atoms with E-state index < -0.39 is 0 Å².